The first-order valence-electron chi connectivity index (χ1n) is 2.82. The first-order chi connectivity index (χ1) is 3.18. The average Bonchev–Trinajstić information content (AvgIpc) is 1.65. The van der Waals surface area contributed by atoms with E-state index in [-0.39, 0.29) is 0 Å². The molecule has 0 aliphatic rings. The lowest BCUT2D eigenvalue weighted by Crippen LogP contribution is -2.01. The molecule has 0 fully saturated rings. The van der Waals surface area contributed by atoms with Gasteiger partial charge in [0, 0.05) is 15.6 Å². The van der Waals surface area contributed by atoms with E-state index in [0.29, 0.717) is 5.38 Å². The van der Waals surface area contributed by atoms with Crippen molar-refractivity contribution < 1.29 is 0 Å². The van der Waals surface area contributed by atoms with Gasteiger partial charge < -0.3 is 0 Å². The van der Waals surface area contributed by atoms with Gasteiger partial charge in [0.05, 0.1) is 0 Å². The third-order valence-electron chi connectivity index (χ3n) is 1.43. The third-order valence-corrected chi connectivity index (χ3v) is 4.10. The molecule has 7 heavy (non-hydrogen) atoms. The molecule has 0 saturated carbocycles. The van der Waals surface area contributed by atoms with Crippen molar-refractivity contribution in [3.05, 3.63) is 0 Å². The minimum Gasteiger partial charge on any atom is -0.123 e. The molecule has 2 unspecified atom stereocenters. The molecule has 2 atom stereocenters. The maximum Gasteiger partial charge on any atom is 0.0303 e. The lowest BCUT2D eigenvalue weighted by atomic mass is 10.3. The summed E-state index contributed by atoms with van der Waals surface area (Å²) in [5.74, 6) is 0. The first-order valence-corrected chi connectivity index (χ1v) is 4.41. The molecular formula is C5H13ClSi. The Morgan fingerprint density at radius 1 is 1.71 bits per heavy atom. The van der Waals surface area contributed by atoms with Gasteiger partial charge in [-0.15, -0.1) is 11.6 Å². The number of hydrogen-bond donors (Lipinski definition) is 0. The molecule has 0 amide bonds. The minimum atomic E-state index is 0.400. The fourth-order valence-corrected chi connectivity index (χ4v) is 0.503. The molecule has 0 nitrogen and oxygen atoms in total. The summed E-state index contributed by atoms with van der Waals surface area (Å²) in [6.07, 6.45) is 1.25. The van der Waals surface area contributed by atoms with Crippen molar-refractivity contribution in [2.24, 2.45) is 0 Å². The van der Waals surface area contributed by atoms with Crippen LogP contribution in [0.3, 0.4) is 0 Å². The van der Waals surface area contributed by atoms with Gasteiger partial charge in [0.2, 0.25) is 0 Å². The Balaban J connectivity index is 3.14. The van der Waals surface area contributed by atoms with E-state index in [1.165, 1.54) is 16.7 Å². The Morgan fingerprint density at radius 2 is 2.14 bits per heavy atom. The van der Waals surface area contributed by atoms with Gasteiger partial charge in [-0.2, -0.15) is 0 Å². The molecule has 0 aliphatic carbocycles. The monoisotopic (exact) mass is 136 g/mol. The maximum absolute atomic E-state index is 5.76. The van der Waals surface area contributed by atoms with E-state index in [2.05, 4.69) is 13.8 Å². The molecule has 2 heteroatoms. The summed E-state index contributed by atoms with van der Waals surface area (Å²) in [5.41, 5.74) is 0.807. The Hall–Kier alpha value is 0.507. The zero-order valence-electron chi connectivity index (χ0n) is 5.24. The standard InChI is InChI=1S/C5H13ClSi/c1-3-5(7)4(2)6/h4-5H,3H2,1-2,7H3. The molecule has 0 aromatic heterocycles. The van der Waals surface area contributed by atoms with Crippen LogP contribution in [0.5, 0.6) is 0 Å². The van der Waals surface area contributed by atoms with E-state index in [1.807, 2.05) is 0 Å². The summed E-state index contributed by atoms with van der Waals surface area (Å²) in [6, 6.07) is 0. The molecule has 0 radical (unpaired) electrons. The van der Waals surface area contributed by atoms with Crippen LogP contribution in [0.2, 0.25) is 5.54 Å². The van der Waals surface area contributed by atoms with Crippen LogP contribution in [-0.2, 0) is 0 Å². The maximum atomic E-state index is 5.76. The van der Waals surface area contributed by atoms with Gasteiger partial charge in [-0.05, 0) is 12.5 Å². The van der Waals surface area contributed by atoms with Gasteiger partial charge in [0.25, 0.3) is 0 Å². The molecule has 0 aromatic rings. The van der Waals surface area contributed by atoms with Gasteiger partial charge in [0.15, 0.2) is 0 Å². The van der Waals surface area contributed by atoms with Crippen LogP contribution in [0.25, 0.3) is 0 Å². The van der Waals surface area contributed by atoms with E-state index < -0.39 is 0 Å². The van der Waals surface area contributed by atoms with Gasteiger partial charge in [-0.25, -0.2) is 0 Å². The number of rotatable bonds is 2. The van der Waals surface area contributed by atoms with Crippen molar-refractivity contribution >= 4 is 21.8 Å². The Labute approximate surface area is 53.7 Å². The second-order valence-electron chi connectivity index (χ2n) is 2.06. The molecule has 0 bridgehead atoms. The summed E-state index contributed by atoms with van der Waals surface area (Å²) >= 11 is 5.76. The molecule has 0 spiro atoms. The Kier molecular flexibility index (Phi) is 3.76. The fraction of sp³-hybridized carbons (Fsp3) is 1.00. The zero-order valence-corrected chi connectivity index (χ0v) is 8.00. The molecule has 0 aromatic carbocycles. The van der Waals surface area contributed by atoms with Crippen LogP contribution >= 0.6 is 11.6 Å². The van der Waals surface area contributed by atoms with E-state index in [1.54, 1.807) is 0 Å². The second kappa shape index (κ2) is 3.50. The molecule has 0 rings (SSSR count). The van der Waals surface area contributed by atoms with Crippen molar-refractivity contribution in [2.75, 3.05) is 0 Å². The summed E-state index contributed by atoms with van der Waals surface area (Å²) < 4.78 is 0. The van der Waals surface area contributed by atoms with Gasteiger partial charge in [-0.1, -0.05) is 13.3 Å². The molecule has 44 valence electrons. The quantitative estimate of drug-likeness (QED) is 0.395. The van der Waals surface area contributed by atoms with Gasteiger partial charge >= 0.3 is 0 Å². The van der Waals surface area contributed by atoms with Crippen LogP contribution in [0, 0.1) is 0 Å². The zero-order chi connectivity index (χ0) is 5.86. The highest BCUT2D eigenvalue weighted by Crippen LogP contribution is 2.15. The minimum absolute atomic E-state index is 0.400. The Morgan fingerprint density at radius 3 is 2.14 bits per heavy atom. The predicted octanol–water partition coefficient (Wildman–Crippen LogP) is 1.18. The topological polar surface area (TPSA) is 0 Å². The lowest BCUT2D eigenvalue weighted by molar-refractivity contribution is 0.776. The van der Waals surface area contributed by atoms with Crippen LogP contribution < -0.4 is 0 Å². The fourth-order valence-electron chi connectivity index (χ4n) is 0.325. The highest BCUT2D eigenvalue weighted by Gasteiger charge is 2.03. The summed E-state index contributed by atoms with van der Waals surface area (Å²) in [4.78, 5) is 0. The Bertz CT molecular complexity index is 45.3. The van der Waals surface area contributed by atoms with Crippen molar-refractivity contribution in [3.63, 3.8) is 0 Å². The van der Waals surface area contributed by atoms with Crippen LogP contribution in [0.15, 0.2) is 0 Å². The molecule has 0 saturated heterocycles. The van der Waals surface area contributed by atoms with Crippen LogP contribution in [-0.4, -0.2) is 15.6 Å². The van der Waals surface area contributed by atoms with Crippen molar-refractivity contribution in [1.82, 2.24) is 0 Å². The highest BCUT2D eigenvalue weighted by atomic mass is 35.5. The second-order valence-corrected chi connectivity index (χ2v) is 4.23. The van der Waals surface area contributed by atoms with Crippen molar-refractivity contribution in [1.29, 1.82) is 0 Å². The molecule has 0 heterocycles. The largest absolute Gasteiger partial charge is 0.123 e. The molecule has 0 N–H and O–H groups in total. The smallest absolute Gasteiger partial charge is 0.0303 e. The molecule has 0 aliphatic heterocycles. The number of alkyl halides is 1. The van der Waals surface area contributed by atoms with Gasteiger partial charge in [0.1, 0.15) is 0 Å². The molecular weight excluding hydrogens is 124 g/mol. The number of halogens is 1. The van der Waals surface area contributed by atoms with Crippen LogP contribution in [0.1, 0.15) is 20.3 Å². The first kappa shape index (κ1) is 7.51. The van der Waals surface area contributed by atoms with E-state index in [0.717, 1.165) is 5.54 Å². The third kappa shape index (κ3) is 3.12. The summed E-state index contributed by atoms with van der Waals surface area (Å²) in [5, 5.41) is 0.400. The van der Waals surface area contributed by atoms with E-state index in [4.69, 9.17) is 11.6 Å². The van der Waals surface area contributed by atoms with E-state index >= 15 is 0 Å². The lowest BCUT2D eigenvalue weighted by Gasteiger charge is -2.08. The van der Waals surface area contributed by atoms with Crippen molar-refractivity contribution in [3.8, 4) is 0 Å². The van der Waals surface area contributed by atoms with Crippen LogP contribution in [0.4, 0.5) is 0 Å². The summed E-state index contributed by atoms with van der Waals surface area (Å²) in [7, 11) is 1.24. The highest BCUT2D eigenvalue weighted by molar-refractivity contribution is 6.26. The number of hydrogen-bond acceptors (Lipinski definition) is 0. The SMILES string of the molecule is CCC([SiH3])C(C)Cl. The summed E-state index contributed by atoms with van der Waals surface area (Å²) in [6.45, 7) is 4.26. The van der Waals surface area contributed by atoms with Crippen molar-refractivity contribution in [2.45, 2.75) is 31.2 Å². The average molecular weight is 137 g/mol. The van der Waals surface area contributed by atoms with Gasteiger partial charge in [-0.3, -0.25) is 0 Å². The normalized spacial score (nSPS) is 19.3. The van der Waals surface area contributed by atoms with E-state index in [9.17, 15) is 0 Å². The predicted molar refractivity (Wildman–Crippen MR) is 39.3 cm³/mol.